The van der Waals surface area contributed by atoms with E-state index in [4.69, 9.17) is 10.5 Å². The fraction of sp³-hybridized carbons (Fsp3) is 0.615. The van der Waals surface area contributed by atoms with Crippen LogP contribution in [0.1, 0.15) is 34.3 Å². The van der Waals surface area contributed by atoms with Crippen LogP contribution in [0.25, 0.3) is 0 Å². The van der Waals surface area contributed by atoms with E-state index in [-0.39, 0.29) is 11.5 Å². The predicted molar refractivity (Wildman–Crippen MR) is 74.0 cm³/mol. The Labute approximate surface area is 112 Å². The highest BCUT2D eigenvalue weighted by Gasteiger charge is 2.33. The van der Waals surface area contributed by atoms with Crippen molar-refractivity contribution >= 4 is 22.9 Å². The Morgan fingerprint density at radius 2 is 2.33 bits per heavy atom. The molecule has 1 aliphatic rings. The molecule has 100 valence electrons. The molecule has 5 heteroatoms. The van der Waals surface area contributed by atoms with Crippen LogP contribution in [0.2, 0.25) is 0 Å². The van der Waals surface area contributed by atoms with Crippen LogP contribution in [0, 0.1) is 6.92 Å². The lowest BCUT2D eigenvalue weighted by Crippen LogP contribution is -2.49. The molecule has 4 nitrogen and oxygen atoms in total. The first-order valence-electron chi connectivity index (χ1n) is 6.15. The number of ether oxygens (including phenoxy) is 1. The molecular weight excluding hydrogens is 248 g/mol. The summed E-state index contributed by atoms with van der Waals surface area (Å²) in [5, 5.41) is 0. The van der Waals surface area contributed by atoms with Crippen LogP contribution in [0.3, 0.4) is 0 Å². The zero-order chi connectivity index (χ0) is 13.3. The molecule has 0 radical (unpaired) electrons. The number of hydrogen-bond acceptors (Lipinski definition) is 4. The summed E-state index contributed by atoms with van der Waals surface area (Å²) >= 11 is 1.47. The molecule has 18 heavy (non-hydrogen) atoms. The van der Waals surface area contributed by atoms with E-state index in [0.717, 1.165) is 29.1 Å². The largest absolute Gasteiger partial charge is 0.398 e. The van der Waals surface area contributed by atoms with E-state index >= 15 is 0 Å². The third-order valence-corrected chi connectivity index (χ3v) is 4.66. The Hall–Kier alpha value is -1.07. The Morgan fingerprint density at radius 3 is 2.89 bits per heavy atom. The molecule has 0 aromatic carbocycles. The molecule has 1 amide bonds. The van der Waals surface area contributed by atoms with E-state index in [9.17, 15) is 4.79 Å². The minimum absolute atomic E-state index is 0.0720. The van der Waals surface area contributed by atoms with Crippen LogP contribution in [-0.2, 0) is 4.74 Å². The topological polar surface area (TPSA) is 55.6 Å². The number of carbonyl (C=O) groups is 1. The molecule has 0 aliphatic carbocycles. The fourth-order valence-electron chi connectivity index (χ4n) is 2.30. The number of aryl methyl sites for hydroxylation is 1. The van der Waals surface area contributed by atoms with Crippen molar-refractivity contribution in [3.63, 3.8) is 0 Å². The number of methoxy groups -OCH3 is 1. The predicted octanol–water partition coefficient (Wildman–Crippen LogP) is 2.28. The van der Waals surface area contributed by atoms with E-state index in [2.05, 4.69) is 6.92 Å². The maximum Gasteiger partial charge on any atom is 0.264 e. The maximum atomic E-state index is 12.4. The zero-order valence-corrected chi connectivity index (χ0v) is 12.0. The van der Waals surface area contributed by atoms with Gasteiger partial charge in [0.15, 0.2) is 0 Å². The van der Waals surface area contributed by atoms with Gasteiger partial charge in [0, 0.05) is 30.8 Å². The van der Waals surface area contributed by atoms with Crippen molar-refractivity contribution in [3.8, 4) is 0 Å². The molecule has 0 bridgehead atoms. The summed E-state index contributed by atoms with van der Waals surface area (Å²) in [5.74, 6) is 0.0720. The lowest BCUT2D eigenvalue weighted by Gasteiger charge is -2.39. The number of amides is 1. The smallest absolute Gasteiger partial charge is 0.264 e. The van der Waals surface area contributed by atoms with Crippen molar-refractivity contribution < 1.29 is 9.53 Å². The third kappa shape index (κ3) is 2.52. The summed E-state index contributed by atoms with van der Waals surface area (Å²) in [6.45, 7) is 5.44. The molecular formula is C13H20N2O2S. The number of nitrogen functional groups attached to an aromatic ring is 1. The van der Waals surface area contributed by atoms with Gasteiger partial charge in [-0.05, 0) is 32.8 Å². The number of anilines is 1. The van der Waals surface area contributed by atoms with Gasteiger partial charge in [-0.2, -0.15) is 0 Å². The quantitative estimate of drug-likeness (QED) is 0.895. The van der Waals surface area contributed by atoms with Gasteiger partial charge in [0.05, 0.1) is 10.5 Å². The lowest BCUT2D eigenvalue weighted by molar-refractivity contribution is -0.0439. The minimum atomic E-state index is -0.217. The summed E-state index contributed by atoms with van der Waals surface area (Å²) in [7, 11) is 1.71. The van der Waals surface area contributed by atoms with Crippen molar-refractivity contribution in [3.05, 3.63) is 15.8 Å². The summed E-state index contributed by atoms with van der Waals surface area (Å²) in [5.41, 5.74) is 6.29. The third-order valence-electron chi connectivity index (χ3n) is 3.61. The monoisotopic (exact) mass is 268 g/mol. The van der Waals surface area contributed by atoms with Crippen LogP contribution in [0.5, 0.6) is 0 Å². The van der Waals surface area contributed by atoms with E-state index in [1.807, 2.05) is 11.8 Å². The average molecular weight is 268 g/mol. The second kappa shape index (κ2) is 4.90. The summed E-state index contributed by atoms with van der Waals surface area (Å²) < 4.78 is 5.51. The maximum absolute atomic E-state index is 12.4. The second-order valence-electron chi connectivity index (χ2n) is 5.11. The average Bonchev–Trinajstić information content (AvgIpc) is 2.69. The first kappa shape index (κ1) is 13.4. The molecule has 2 heterocycles. The van der Waals surface area contributed by atoms with E-state index in [1.54, 1.807) is 13.2 Å². The van der Waals surface area contributed by atoms with Crippen molar-refractivity contribution in [1.29, 1.82) is 0 Å². The van der Waals surface area contributed by atoms with Crippen LogP contribution < -0.4 is 5.73 Å². The van der Waals surface area contributed by atoms with Gasteiger partial charge in [-0.3, -0.25) is 4.79 Å². The number of nitrogens with two attached hydrogens (primary N) is 1. The molecule has 1 unspecified atom stereocenters. The van der Waals surface area contributed by atoms with E-state index < -0.39 is 0 Å². The Balaban J connectivity index is 2.14. The molecule has 0 saturated carbocycles. The molecule has 2 N–H and O–H groups in total. The minimum Gasteiger partial charge on any atom is -0.398 e. The highest BCUT2D eigenvalue weighted by molar-refractivity contribution is 7.14. The number of piperidine rings is 1. The Kier molecular flexibility index (Phi) is 3.64. The first-order valence-corrected chi connectivity index (χ1v) is 6.97. The second-order valence-corrected chi connectivity index (χ2v) is 6.36. The molecule has 1 atom stereocenters. The van der Waals surface area contributed by atoms with Gasteiger partial charge < -0.3 is 15.4 Å². The number of hydrogen-bond donors (Lipinski definition) is 1. The van der Waals surface area contributed by atoms with Crippen molar-refractivity contribution in [2.45, 2.75) is 32.3 Å². The van der Waals surface area contributed by atoms with Gasteiger partial charge in [-0.25, -0.2) is 0 Å². The number of thiophene rings is 1. The Morgan fingerprint density at radius 1 is 1.61 bits per heavy atom. The zero-order valence-electron chi connectivity index (χ0n) is 11.2. The highest BCUT2D eigenvalue weighted by atomic mass is 32.1. The van der Waals surface area contributed by atoms with Gasteiger partial charge in [0.2, 0.25) is 0 Å². The molecule has 1 saturated heterocycles. The van der Waals surface area contributed by atoms with Crippen molar-refractivity contribution in [1.82, 2.24) is 4.90 Å². The first-order chi connectivity index (χ1) is 8.45. The van der Waals surface area contributed by atoms with Gasteiger partial charge >= 0.3 is 0 Å². The van der Waals surface area contributed by atoms with Gasteiger partial charge in [-0.15, -0.1) is 11.3 Å². The highest BCUT2D eigenvalue weighted by Crippen LogP contribution is 2.28. The van der Waals surface area contributed by atoms with E-state index in [1.165, 1.54) is 11.3 Å². The van der Waals surface area contributed by atoms with E-state index in [0.29, 0.717) is 12.2 Å². The standard InChI is InChI=1S/C13H20N2O2S/c1-9-10(14)7-11(18-9)12(16)15-6-4-5-13(2,8-15)17-3/h7H,4-6,8,14H2,1-3H3. The number of likely N-dealkylation sites (tertiary alicyclic amines) is 1. The SMILES string of the molecule is COC1(C)CCCN(C(=O)c2cc(N)c(C)s2)C1. The Bertz CT molecular complexity index is 438. The summed E-state index contributed by atoms with van der Waals surface area (Å²) in [4.78, 5) is 16.0. The van der Waals surface area contributed by atoms with Crippen LogP contribution in [0.15, 0.2) is 6.07 Å². The molecule has 1 fully saturated rings. The molecule has 0 spiro atoms. The molecule has 1 aromatic heterocycles. The normalized spacial score (nSPS) is 24.3. The van der Waals surface area contributed by atoms with Crippen molar-refractivity contribution in [2.75, 3.05) is 25.9 Å². The molecule has 1 aromatic rings. The number of rotatable bonds is 2. The van der Waals surface area contributed by atoms with Crippen LogP contribution >= 0.6 is 11.3 Å². The van der Waals surface area contributed by atoms with Crippen molar-refractivity contribution in [2.24, 2.45) is 0 Å². The molecule has 1 aliphatic heterocycles. The lowest BCUT2D eigenvalue weighted by atomic mass is 9.94. The van der Waals surface area contributed by atoms with Crippen LogP contribution in [0.4, 0.5) is 5.69 Å². The van der Waals surface area contributed by atoms with Gasteiger partial charge in [-0.1, -0.05) is 0 Å². The number of nitrogens with zero attached hydrogens (tertiary/aromatic N) is 1. The van der Waals surface area contributed by atoms with Gasteiger partial charge in [0.1, 0.15) is 0 Å². The summed E-state index contributed by atoms with van der Waals surface area (Å²) in [6, 6.07) is 1.78. The summed E-state index contributed by atoms with van der Waals surface area (Å²) in [6.07, 6.45) is 1.98. The van der Waals surface area contributed by atoms with Crippen LogP contribution in [-0.4, -0.2) is 36.6 Å². The van der Waals surface area contributed by atoms with Gasteiger partial charge in [0.25, 0.3) is 5.91 Å². The molecule has 2 rings (SSSR count). The number of carbonyl (C=O) groups excluding carboxylic acids is 1. The fourth-order valence-corrected chi connectivity index (χ4v) is 3.21.